The highest BCUT2D eigenvalue weighted by molar-refractivity contribution is 9.10. The van der Waals surface area contributed by atoms with Gasteiger partial charge in [0.2, 0.25) is 0 Å². The SMILES string of the molecule is CCOc1cc(/C=C2/SC(=S)N(C)C2=O)cc(Br)c1OCCOc1ccccc1OC. The van der Waals surface area contributed by atoms with Crippen LogP contribution in [0.1, 0.15) is 12.5 Å². The molecule has 31 heavy (non-hydrogen) atoms. The summed E-state index contributed by atoms with van der Waals surface area (Å²) in [5, 5.41) is 0. The van der Waals surface area contributed by atoms with E-state index in [1.54, 1.807) is 20.2 Å². The minimum Gasteiger partial charge on any atom is -0.493 e. The zero-order chi connectivity index (χ0) is 22.4. The maximum Gasteiger partial charge on any atom is 0.265 e. The van der Waals surface area contributed by atoms with Crippen molar-refractivity contribution in [3.8, 4) is 23.0 Å². The van der Waals surface area contributed by atoms with E-state index in [-0.39, 0.29) is 5.91 Å². The number of thiocarbonyl (C=S) groups is 1. The number of para-hydroxylation sites is 2. The summed E-state index contributed by atoms with van der Waals surface area (Å²) in [6, 6.07) is 11.2. The van der Waals surface area contributed by atoms with Gasteiger partial charge in [0.1, 0.15) is 17.5 Å². The maximum absolute atomic E-state index is 12.3. The molecule has 0 N–H and O–H groups in total. The third kappa shape index (κ3) is 5.72. The smallest absolute Gasteiger partial charge is 0.265 e. The number of likely N-dealkylation sites (N-methyl/N-ethyl adjacent to an activating group) is 1. The van der Waals surface area contributed by atoms with Crippen LogP contribution >= 0.6 is 39.9 Å². The molecule has 164 valence electrons. The van der Waals surface area contributed by atoms with Crippen LogP contribution in [0.4, 0.5) is 0 Å². The van der Waals surface area contributed by atoms with Crippen LogP contribution in [-0.2, 0) is 4.79 Å². The summed E-state index contributed by atoms with van der Waals surface area (Å²) in [6.07, 6.45) is 1.80. The minimum atomic E-state index is -0.113. The first kappa shape index (κ1) is 23.4. The van der Waals surface area contributed by atoms with Crippen LogP contribution in [0.5, 0.6) is 23.0 Å². The monoisotopic (exact) mass is 523 g/mol. The Morgan fingerprint density at radius 2 is 1.81 bits per heavy atom. The van der Waals surface area contributed by atoms with Gasteiger partial charge >= 0.3 is 0 Å². The van der Waals surface area contributed by atoms with Gasteiger partial charge in [0.15, 0.2) is 23.0 Å². The molecule has 0 bridgehead atoms. The van der Waals surface area contributed by atoms with E-state index in [1.807, 2.05) is 43.3 Å². The van der Waals surface area contributed by atoms with Gasteiger partial charge in [-0.2, -0.15) is 0 Å². The molecule has 1 saturated heterocycles. The Balaban J connectivity index is 1.72. The molecule has 1 heterocycles. The van der Waals surface area contributed by atoms with E-state index in [0.717, 1.165) is 5.56 Å². The zero-order valence-corrected chi connectivity index (χ0v) is 20.6. The van der Waals surface area contributed by atoms with Gasteiger partial charge in [-0.1, -0.05) is 36.1 Å². The van der Waals surface area contributed by atoms with Crippen molar-refractivity contribution in [3.63, 3.8) is 0 Å². The standard InChI is InChI=1S/C22H22BrNO5S2/c1-4-27-18-12-14(13-19-21(25)24(2)22(30)31-19)11-15(23)20(18)29-10-9-28-17-8-6-5-7-16(17)26-3/h5-8,11-13H,4,9-10H2,1-3H3/b19-13+. The van der Waals surface area contributed by atoms with E-state index in [1.165, 1.54) is 16.7 Å². The molecule has 1 amide bonds. The highest BCUT2D eigenvalue weighted by atomic mass is 79.9. The van der Waals surface area contributed by atoms with E-state index in [2.05, 4.69) is 15.9 Å². The lowest BCUT2D eigenvalue weighted by molar-refractivity contribution is -0.121. The van der Waals surface area contributed by atoms with E-state index in [0.29, 0.717) is 56.5 Å². The first-order valence-electron chi connectivity index (χ1n) is 9.51. The molecule has 0 aliphatic carbocycles. The normalized spacial score (nSPS) is 14.8. The Hall–Kier alpha value is -2.23. The van der Waals surface area contributed by atoms with Crippen molar-refractivity contribution in [2.24, 2.45) is 0 Å². The number of hydrogen-bond acceptors (Lipinski definition) is 7. The molecule has 0 spiro atoms. The van der Waals surface area contributed by atoms with Gasteiger partial charge in [0.05, 0.1) is 23.1 Å². The lowest BCUT2D eigenvalue weighted by atomic mass is 10.2. The van der Waals surface area contributed by atoms with Gasteiger partial charge in [-0.25, -0.2) is 0 Å². The first-order valence-corrected chi connectivity index (χ1v) is 11.5. The lowest BCUT2D eigenvalue weighted by Gasteiger charge is -2.15. The highest BCUT2D eigenvalue weighted by Gasteiger charge is 2.28. The lowest BCUT2D eigenvalue weighted by Crippen LogP contribution is -2.22. The number of nitrogens with zero attached hydrogens (tertiary/aromatic N) is 1. The van der Waals surface area contributed by atoms with Crippen LogP contribution in [0.3, 0.4) is 0 Å². The molecular formula is C22H22BrNO5S2. The van der Waals surface area contributed by atoms with E-state index >= 15 is 0 Å². The number of halogens is 1. The Morgan fingerprint density at radius 1 is 1.10 bits per heavy atom. The fraction of sp³-hybridized carbons (Fsp3) is 0.273. The second-order valence-corrected chi connectivity index (χ2v) is 8.88. The molecule has 1 aliphatic rings. The van der Waals surface area contributed by atoms with Crippen molar-refractivity contribution in [2.75, 3.05) is 34.0 Å². The van der Waals surface area contributed by atoms with Gasteiger partial charge in [-0.15, -0.1) is 0 Å². The molecular weight excluding hydrogens is 502 g/mol. The van der Waals surface area contributed by atoms with Crippen molar-refractivity contribution in [2.45, 2.75) is 6.92 Å². The number of methoxy groups -OCH3 is 1. The number of carbonyl (C=O) groups is 1. The molecule has 6 nitrogen and oxygen atoms in total. The molecule has 0 aromatic heterocycles. The summed E-state index contributed by atoms with van der Waals surface area (Å²) in [4.78, 5) is 14.3. The molecule has 0 saturated carbocycles. The predicted molar refractivity (Wildman–Crippen MR) is 130 cm³/mol. The van der Waals surface area contributed by atoms with Crippen LogP contribution in [0.25, 0.3) is 6.08 Å². The van der Waals surface area contributed by atoms with E-state index in [4.69, 9.17) is 31.2 Å². The molecule has 1 fully saturated rings. The fourth-order valence-corrected chi connectivity index (χ4v) is 4.56. The van der Waals surface area contributed by atoms with Gasteiger partial charge in [0.25, 0.3) is 5.91 Å². The third-order valence-electron chi connectivity index (χ3n) is 4.27. The summed E-state index contributed by atoms with van der Waals surface area (Å²) in [5.74, 6) is 2.36. The maximum atomic E-state index is 12.3. The van der Waals surface area contributed by atoms with Crippen LogP contribution < -0.4 is 18.9 Å². The Kier molecular flexibility index (Phi) is 8.22. The van der Waals surface area contributed by atoms with Gasteiger partial charge in [-0.3, -0.25) is 9.69 Å². The fourth-order valence-electron chi connectivity index (χ4n) is 2.80. The molecule has 2 aromatic carbocycles. The first-order chi connectivity index (χ1) is 14.9. The quantitative estimate of drug-likeness (QED) is 0.256. The Bertz CT molecular complexity index is 1010. The summed E-state index contributed by atoms with van der Waals surface area (Å²) < 4.78 is 24.0. The minimum absolute atomic E-state index is 0.113. The summed E-state index contributed by atoms with van der Waals surface area (Å²) in [6.45, 7) is 3.02. The summed E-state index contributed by atoms with van der Waals surface area (Å²) in [7, 11) is 3.27. The van der Waals surface area contributed by atoms with E-state index < -0.39 is 0 Å². The van der Waals surface area contributed by atoms with Crippen molar-refractivity contribution >= 4 is 56.2 Å². The number of rotatable bonds is 9. The molecule has 0 radical (unpaired) electrons. The van der Waals surface area contributed by atoms with Crippen LogP contribution in [0.15, 0.2) is 45.8 Å². The molecule has 9 heteroatoms. The largest absolute Gasteiger partial charge is 0.493 e. The van der Waals surface area contributed by atoms with Crippen molar-refractivity contribution in [1.82, 2.24) is 4.90 Å². The van der Waals surface area contributed by atoms with Crippen LogP contribution in [-0.4, -0.2) is 49.1 Å². The summed E-state index contributed by atoms with van der Waals surface area (Å²) >= 11 is 10.0. The average molecular weight is 524 g/mol. The average Bonchev–Trinajstić information content (AvgIpc) is 2.99. The van der Waals surface area contributed by atoms with Crippen molar-refractivity contribution < 1.29 is 23.7 Å². The second-order valence-electron chi connectivity index (χ2n) is 6.35. The van der Waals surface area contributed by atoms with Gasteiger partial charge in [-0.05, 0) is 58.8 Å². The summed E-state index contributed by atoms with van der Waals surface area (Å²) in [5.41, 5.74) is 0.807. The zero-order valence-electron chi connectivity index (χ0n) is 17.3. The molecule has 1 aliphatic heterocycles. The molecule has 3 rings (SSSR count). The number of thioether (sulfide) groups is 1. The number of amides is 1. The molecule has 0 unspecified atom stereocenters. The highest BCUT2D eigenvalue weighted by Crippen LogP contribution is 2.39. The number of ether oxygens (including phenoxy) is 4. The third-order valence-corrected chi connectivity index (χ3v) is 6.35. The van der Waals surface area contributed by atoms with Gasteiger partial charge < -0.3 is 18.9 Å². The number of benzene rings is 2. The topological polar surface area (TPSA) is 57.2 Å². The van der Waals surface area contributed by atoms with Crippen LogP contribution in [0.2, 0.25) is 0 Å². The number of hydrogen-bond donors (Lipinski definition) is 0. The van der Waals surface area contributed by atoms with Gasteiger partial charge in [0, 0.05) is 7.05 Å². The second kappa shape index (κ2) is 10.9. The van der Waals surface area contributed by atoms with Crippen molar-refractivity contribution in [1.29, 1.82) is 0 Å². The molecule has 0 atom stereocenters. The Labute approximate surface area is 199 Å². The van der Waals surface area contributed by atoms with E-state index in [9.17, 15) is 4.79 Å². The van der Waals surface area contributed by atoms with Crippen LogP contribution in [0, 0.1) is 0 Å². The number of carbonyl (C=O) groups excluding carboxylic acids is 1. The van der Waals surface area contributed by atoms with Crippen molar-refractivity contribution in [3.05, 3.63) is 51.3 Å². The predicted octanol–water partition coefficient (Wildman–Crippen LogP) is 5.15. The molecule has 2 aromatic rings. The Morgan fingerprint density at radius 3 is 2.45 bits per heavy atom.